The maximum absolute atomic E-state index is 13.1. The SMILES string of the molecule is CCC(C)CCCCCCCCCCCCC(=O)O[C@H](COC(=O)CCCCCCCCCCCCCC(C)C)COP(=O)(O)OCC(O)COP(=O)(O)OC[C@@H](COC(=O)CCCCCCCCCC(C)C)OC(=O)CCCCCCCCCCCCCCCCCC(C)C. The van der Waals surface area contributed by atoms with E-state index >= 15 is 0 Å². The predicted octanol–water partition coefficient (Wildman–Crippen LogP) is 22.4. The Kier molecular flexibility index (Phi) is 65.0. The second-order valence-corrected chi connectivity index (χ2v) is 32.3. The van der Waals surface area contributed by atoms with Gasteiger partial charge in [-0.3, -0.25) is 37.3 Å². The molecule has 19 heteroatoms. The average molecular weight is 1410 g/mol. The average Bonchev–Trinajstić information content (AvgIpc) is 1.16. The smallest absolute Gasteiger partial charge is 0.462 e. The minimum atomic E-state index is -4.96. The summed E-state index contributed by atoms with van der Waals surface area (Å²) in [7, 11) is -9.92. The fourth-order valence-corrected chi connectivity index (χ4v) is 13.3. The van der Waals surface area contributed by atoms with Gasteiger partial charge >= 0.3 is 39.5 Å². The summed E-state index contributed by atoms with van der Waals surface area (Å²) < 4.78 is 68.6. The molecule has 0 aromatic heterocycles. The first kappa shape index (κ1) is 94.1. The van der Waals surface area contributed by atoms with Crippen LogP contribution in [0.4, 0.5) is 0 Å². The number of carbonyl (C=O) groups excluding carboxylic acids is 4. The Hall–Kier alpha value is -1.94. The molecule has 3 N–H and O–H groups in total. The summed E-state index contributed by atoms with van der Waals surface area (Å²) in [5.74, 6) is 0.962. The molecule has 17 nitrogen and oxygen atoms in total. The molecule has 0 amide bonds. The fraction of sp³-hybridized carbons (Fsp3) is 0.948. The van der Waals surface area contributed by atoms with Gasteiger partial charge in [0.1, 0.15) is 19.3 Å². The number of carbonyl (C=O) groups is 4. The van der Waals surface area contributed by atoms with Gasteiger partial charge in [0.15, 0.2) is 12.2 Å². The number of aliphatic hydroxyl groups is 1. The number of ether oxygens (including phenoxy) is 4. The molecule has 0 saturated carbocycles. The highest BCUT2D eigenvalue weighted by Crippen LogP contribution is 2.45. The second kappa shape index (κ2) is 66.3. The molecule has 6 atom stereocenters. The number of hydrogen-bond acceptors (Lipinski definition) is 15. The van der Waals surface area contributed by atoms with E-state index in [1.54, 1.807) is 0 Å². The Morgan fingerprint density at radius 1 is 0.292 bits per heavy atom. The number of unbranched alkanes of at least 4 members (excludes halogenated alkanes) is 39. The molecule has 0 aliphatic carbocycles. The second-order valence-electron chi connectivity index (χ2n) is 29.4. The van der Waals surface area contributed by atoms with E-state index in [1.807, 2.05) is 0 Å². The van der Waals surface area contributed by atoms with E-state index in [4.69, 9.17) is 37.0 Å². The minimum Gasteiger partial charge on any atom is -0.462 e. The van der Waals surface area contributed by atoms with Crippen molar-refractivity contribution in [3.63, 3.8) is 0 Å². The predicted molar refractivity (Wildman–Crippen MR) is 391 cm³/mol. The fourth-order valence-electron chi connectivity index (χ4n) is 11.7. The van der Waals surface area contributed by atoms with E-state index in [2.05, 4.69) is 55.4 Å². The van der Waals surface area contributed by atoms with Crippen molar-refractivity contribution in [2.75, 3.05) is 39.6 Å². The number of phosphoric ester groups is 2. The zero-order chi connectivity index (χ0) is 71.0. The van der Waals surface area contributed by atoms with Gasteiger partial charge in [0, 0.05) is 25.7 Å². The van der Waals surface area contributed by atoms with Crippen molar-refractivity contribution in [1.29, 1.82) is 0 Å². The standard InChI is InChI=1S/C77H150O17P2/c1-9-70(8)56-48-40-32-24-20-21-27-35-44-52-60-77(82)93-72(63-87-74(79)57-49-41-33-25-19-15-17-23-30-38-46-54-68(4)5)65-91-95(83,84)89-61-71(78)62-90-96(85,86)92-66-73(64-88-75(80)58-50-42-36-28-31-39-47-55-69(6)7)94-76(81)59-51-43-34-26-18-14-12-10-11-13-16-22-29-37-45-53-67(2)3/h67-73,78H,9-66H2,1-8H3,(H,83,84)(H,85,86)/t70?,71?,72-,73-/m1/s1. The van der Waals surface area contributed by atoms with Crippen LogP contribution in [0, 0.1) is 23.7 Å². The molecule has 0 heterocycles. The van der Waals surface area contributed by atoms with Crippen molar-refractivity contribution >= 4 is 39.5 Å². The van der Waals surface area contributed by atoms with Crippen LogP contribution in [0.2, 0.25) is 0 Å². The van der Waals surface area contributed by atoms with Crippen LogP contribution in [0.25, 0.3) is 0 Å². The summed E-state index contributed by atoms with van der Waals surface area (Å²) in [5.41, 5.74) is 0. The third-order valence-electron chi connectivity index (χ3n) is 18.2. The third kappa shape index (κ3) is 69.2. The highest BCUT2D eigenvalue weighted by atomic mass is 31.2. The van der Waals surface area contributed by atoms with Gasteiger partial charge in [-0.2, -0.15) is 0 Å². The van der Waals surface area contributed by atoms with E-state index in [1.165, 1.54) is 186 Å². The maximum Gasteiger partial charge on any atom is 0.472 e. The van der Waals surface area contributed by atoms with Crippen LogP contribution in [-0.4, -0.2) is 96.7 Å². The van der Waals surface area contributed by atoms with Crippen LogP contribution in [0.15, 0.2) is 0 Å². The molecule has 0 fully saturated rings. The molecule has 0 aliphatic heterocycles. The lowest BCUT2D eigenvalue weighted by molar-refractivity contribution is -0.161. The molecule has 0 bridgehead atoms. The van der Waals surface area contributed by atoms with Crippen molar-refractivity contribution in [2.24, 2.45) is 23.7 Å². The van der Waals surface area contributed by atoms with Gasteiger partial charge in [-0.05, 0) is 49.4 Å². The van der Waals surface area contributed by atoms with Crippen LogP contribution in [0.3, 0.4) is 0 Å². The van der Waals surface area contributed by atoms with Crippen LogP contribution >= 0.6 is 15.6 Å². The number of rotatable bonds is 74. The topological polar surface area (TPSA) is 237 Å². The maximum atomic E-state index is 13.1. The normalized spacial score (nSPS) is 14.4. The van der Waals surface area contributed by atoms with Crippen LogP contribution in [0.5, 0.6) is 0 Å². The highest BCUT2D eigenvalue weighted by molar-refractivity contribution is 7.47. The van der Waals surface area contributed by atoms with Gasteiger partial charge in [0.25, 0.3) is 0 Å². The summed E-state index contributed by atoms with van der Waals surface area (Å²) in [6.45, 7) is 14.2. The van der Waals surface area contributed by atoms with Gasteiger partial charge in [0.2, 0.25) is 0 Å². The van der Waals surface area contributed by atoms with E-state index in [-0.39, 0.29) is 25.7 Å². The molecule has 0 aromatic carbocycles. The van der Waals surface area contributed by atoms with E-state index in [9.17, 15) is 43.2 Å². The monoisotopic (exact) mass is 1410 g/mol. The first-order valence-corrected chi connectivity index (χ1v) is 42.7. The van der Waals surface area contributed by atoms with E-state index in [0.29, 0.717) is 31.6 Å². The van der Waals surface area contributed by atoms with Gasteiger partial charge in [-0.1, -0.05) is 338 Å². The van der Waals surface area contributed by atoms with E-state index in [0.717, 1.165) is 114 Å². The molecule has 0 spiro atoms. The summed E-state index contributed by atoms with van der Waals surface area (Å²) in [6.07, 6.45) is 51.3. The molecule has 0 saturated heterocycles. The summed E-state index contributed by atoms with van der Waals surface area (Å²) in [4.78, 5) is 72.9. The third-order valence-corrected chi connectivity index (χ3v) is 20.1. The molecule has 0 aromatic rings. The van der Waals surface area contributed by atoms with Crippen LogP contribution in [-0.2, 0) is 65.4 Å². The first-order chi connectivity index (χ1) is 46.1. The minimum absolute atomic E-state index is 0.106. The Morgan fingerprint density at radius 2 is 0.500 bits per heavy atom. The zero-order valence-electron chi connectivity index (χ0n) is 63.0. The Balaban J connectivity index is 5.24. The Bertz CT molecular complexity index is 1890. The number of phosphoric acid groups is 2. The Labute approximate surface area is 588 Å². The summed E-state index contributed by atoms with van der Waals surface area (Å²) in [6, 6.07) is 0. The van der Waals surface area contributed by atoms with Crippen molar-refractivity contribution in [3.8, 4) is 0 Å². The van der Waals surface area contributed by atoms with Crippen molar-refractivity contribution in [3.05, 3.63) is 0 Å². The van der Waals surface area contributed by atoms with Gasteiger partial charge in [0.05, 0.1) is 26.4 Å². The molecule has 0 radical (unpaired) electrons. The summed E-state index contributed by atoms with van der Waals surface area (Å²) in [5, 5.41) is 10.6. The van der Waals surface area contributed by atoms with Crippen molar-refractivity contribution in [1.82, 2.24) is 0 Å². The molecular weight excluding hydrogens is 1260 g/mol. The lowest BCUT2D eigenvalue weighted by Gasteiger charge is -2.21. The number of esters is 4. The molecular formula is C77H150O17P2. The molecule has 4 unspecified atom stereocenters. The summed E-state index contributed by atoms with van der Waals surface area (Å²) >= 11 is 0. The zero-order valence-corrected chi connectivity index (χ0v) is 64.8. The van der Waals surface area contributed by atoms with Crippen LogP contribution in [0.1, 0.15) is 389 Å². The largest absolute Gasteiger partial charge is 0.472 e. The molecule has 96 heavy (non-hydrogen) atoms. The van der Waals surface area contributed by atoms with Crippen molar-refractivity contribution < 1.29 is 80.2 Å². The number of hydrogen-bond donors (Lipinski definition) is 3. The van der Waals surface area contributed by atoms with Crippen LogP contribution < -0.4 is 0 Å². The van der Waals surface area contributed by atoms with Gasteiger partial charge in [-0.25, -0.2) is 9.13 Å². The molecule has 570 valence electrons. The first-order valence-electron chi connectivity index (χ1n) is 39.7. The number of aliphatic hydroxyl groups excluding tert-OH is 1. The van der Waals surface area contributed by atoms with Crippen molar-refractivity contribution in [2.45, 2.75) is 408 Å². The lowest BCUT2D eigenvalue weighted by atomic mass is 9.99. The van der Waals surface area contributed by atoms with Gasteiger partial charge < -0.3 is 33.8 Å². The quantitative estimate of drug-likeness (QED) is 0.0222. The molecule has 0 rings (SSSR count). The van der Waals surface area contributed by atoms with E-state index < -0.39 is 97.5 Å². The Morgan fingerprint density at radius 3 is 0.740 bits per heavy atom. The molecule has 0 aliphatic rings. The lowest BCUT2D eigenvalue weighted by Crippen LogP contribution is -2.30. The highest BCUT2D eigenvalue weighted by Gasteiger charge is 2.30. The van der Waals surface area contributed by atoms with Gasteiger partial charge in [-0.15, -0.1) is 0 Å².